The average Bonchev–Trinajstić information content (AvgIpc) is 2.53. The van der Waals surface area contributed by atoms with Crippen LogP contribution in [0.1, 0.15) is 46.5 Å². The van der Waals surface area contributed by atoms with Crippen LogP contribution in [0.25, 0.3) is 0 Å². The van der Waals surface area contributed by atoms with Crippen molar-refractivity contribution in [2.45, 2.75) is 71.1 Å². The number of carboxylic acids is 1. The van der Waals surface area contributed by atoms with Crippen LogP contribution in [0, 0.1) is 0 Å². The zero-order valence-corrected chi connectivity index (χ0v) is 15.7. The predicted octanol–water partition coefficient (Wildman–Crippen LogP) is 0.799. The molecule has 1 aliphatic rings. The Morgan fingerprint density at radius 1 is 1.00 bits per heavy atom. The molecule has 3 unspecified atom stereocenters. The maximum absolute atomic E-state index is 11.4. The second-order valence-corrected chi connectivity index (χ2v) is 6.09. The monoisotopic (exact) mass is 390 g/mol. The van der Waals surface area contributed by atoms with E-state index in [1.807, 2.05) is 0 Å². The quantitative estimate of drug-likeness (QED) is 0.324. The van der Waals surface area contributed by atoms with Gasteiger partial charge in [0, 0.05) is 40.2 Å². The molecule has 1 N–H and O–H groups in total. The molecule has 4 atom stereocenters. The Hall–Kier alpha value is -2.20. The van der Waals surface area contributed by atoms with Gasteiger partial charge in [-0.15, -0.1) is 0 Å². The first-order valence-electron chi connectivity index (χ1n) is 8.65. The van der Waals surface area contributed by atoms with Crippen LogP contribution < -0.4 is 0 Å². The van der Waals surface area contributed by atoms with Crippen molar-refractivity contribution in [3.8, 4) is 0 Å². The van der Waals surface area contributed by atoms with Crippen molar-refractivity contribution in [3.05, 3.63) is 0 Å². The molecule has 0 bridgehead atoms. The van der Waals surface area contributed by atoms with Crippen LogP contribution in [0.2, 0.25) is 0 Å². The lowest BCUT2D eigenvalue weighted by Gasteiger charge is -2.39. The van der Waals surface area contributed by atoms with Crippen molar-refractivity contribution in [1.82, 2.24) is 0 Å². The fourth-order valence-electron chi connectivity index (χ4n) is 2.60. The van der Waals surface area contributed by atoms with Crippen LogP contribution in [-0.4, -0.2) is 66.8 Å². The first-order valence-corrected chi connectivity index (χ1v) is 8.65. The molecule has 154 valence electrons. The Labute approximate surface area is 157 Å². The highest BCUT2D eigenvalue weighted by molar-refractivity contribution is 5.68. The van der Waals surface area contributed by atoms with Crippen molar-refractivity contribution in [3.63, 3.8) is 0 Å². The summed E-state index contributed by atoms with van der Waals surface area (Å²) in [6, 6.07) is 0. The lowest BCUT2D eigenvalue weighted by Crippen LogP contribution is -2.54. The molecule has 10 nitrogen and oxygen atoms in total. The molecule has 10 heteroatoms. The predicted molar refractivity (Wildman–Crippen MR) is 88.5 cm³/mol. The fraction of sp³-hybridized carbons (Fsp3) is 0.765. The number of unbranched alkanes of at least 4 members (excludes halogenated alkanes) is 1. The minimum Gasteiger partial charge on any atom is -0.481 e. The highest BCUT2D eigenvalue weighted by Gasteiger charge is 2.44. The molecule has 1 heterocycles. The van der Waals surface area contributed by atoms with Gasteiger partial charge in [0.2, 0.25) is 0 Å². The van der Waals surface area contributed by atoms with Gasteiger partial charge in [-0.25, -0.2) is 0 Å². The Morgan fingerprint density at radius 2 is 1.67 bits per heavy atom. The number of esters is 3. The first-order chi connectivity index (χ1) is 12.7. The molecule has 27 heavy (non-hydrogen) atoms. The molecule has 1 saturated heterocycles. The third-order valence-corrected chi connectivity index (χ3v) is 3.64. The smallest absolute Gasteiger partial charge is 0.303 e. The van der Waals surface area contributed by atoms with Gasteiger partial charge in [0.1, 0.15) is 18.8 Å². The number of rotatable bonds is 10. The third-order valence-electron chi connectivity index (χ3n) is 3.64. The summed E-state index contributed by atoms with van der Waals surface area (Å²) in [5, 5.41) is 8.62. The number of aliphatic carboxylic acids is 1. The summed E-state index contributed by atoms with van der Waals surface area (Å²) >= 11 is 0. The van der Waals surface area contributed by atoms with Crippen LogP contribution in [0.4, 0.5) is 0 Å². The Morgan fingerprint density at radius 3 is 2.22 bits per heavy atom. The molecule has 0 aliphatic carbocycles. The van der Waals surface area contributed by atoms with Crippen molar-refractivity contribution in [2.75, 3.05) is 13.2 Å². The van der Waals surface area contributed by atoms with Crippen molar-refractivity contribution in [2.24, 2.45) is 0 Å². The third kappa shape index (κ3) is 9.34. The van der Waals surface area contributed by atoms with Gasteiger partial charge in [-0.05, 0) is 12.8 Å². The molecule has 1 rings (SSSR count). The summed E-state index contributed by atoms with van der Waals surface area (Å²) in [6.45, 7) is 3.69. The van der Waals surface area contributed by atoms with Gasteiger partial charge in [-0.3, -0.25) is 19.2 Å². The van der Waals surface area contributed by atoms with Gasteiger partial charge < -0.3 is 28.8 Å². The van der Waals surface area contributed by atoms with E-state index in [0.717, 1.165) is 0 Å². The number of ether oxygens (including phenoxy) is 5. The number of carbonyl (C=O) groups is 4. The summed E-state index contributed by atoms with van der Waals surface area (Å²) in [7, 11) is 0. The topological polar surface area (TPSA) is 135 Å². The van der Waals surface area contributed by atoms with Crippen molar-refractivity contribution < 1.29 is 48.0 Å². The molecule has 0 saturated carbocycles. The van der Waals surface area contributed by atoms with Gasteiger partial charge in [-0.1, -0.05) is 0 Å². The molecular weight excluding hydrogens is 364 g/mol. The molecule has 1 fully saturated rings. The molecule has 1 aliphatic heterocycles. The zero-order valence-electron chi connectivity index (χ0n) is 15.7. The van der Waals surface area contributed by atoms with E-state index in [0.29, 0.717) is 12.8 Å². The normalized spacial score (nSPS) is 24.7. The summed E-state index contributed by atoms with van der Waals surface area (Å²) < 4.78 is 26.7. The molecule has 0 aromatic carbocycles. The van der Waals surface area contributed by atoms with Crippen molar-refractivity contribution >= 4 is 23.9 Å². The molecular formula is C17H26O10. The molecule has 0 aromatic heterocycles. The van der Waals surface area contributed by atoms with Crippen molar-refractivity contribution in [1.29, 1.82) is 0 Å². The summed E-state index contributed by atoms with van der Waals surface area (Å²) in [5.41, 5.74) is 0. The fourth-order valence-corrected chi connectivity index (χ4v) is 2.60. The van der Waals surface area contributed by atoms with Gasteiger partial charge in [-0.2, -0.15) is 0 Å². The average molecular weight is 390 g/mol. The van der Waals surface area contributed by atoms with Gasteiger partial charge in [0.25, 0.3) is 0 Å². The standard InChI is InChI=1S/C17H26O10/c1-10(18)24-9-14-17(26-12(3)20)13(25-11(2)19)8-16(27-14)23-7-5-4-6-15(21)22/h13-14,16-17H,4-9H2,1-3H3,(H,21,22)/t13-,14?,16?,17?/m1/s1. The van der Waals surface area contributed by atoms with E-state index in [9.17, 15) is 19.2 Å². The Kier molecular flexibility index (Phi) is 9.73. The SMILES string of the molecule is CC(=O)OCC1OC(OCCCCC(=O)O)C[C@@H](OC(C)=O)C1OC(C)=O. The maximum atomic E-state index is 11.4. The minimum absolute atomic E-state index is 0.0363. The van der Waals surface area contributed by atoms with E-state index in [1.165, 1.54) is 20.8 Å². The Balaban J connectivity index is 2.74. The number of hydrogen-bond acceptors (Lipinski definition) is 9. The molecule has 0 amide bonds. The maximum Gasteiger partial charge on any atom is 0.303 e. The van der Waals surface area contributed by atoms with Crippen LogP contribution in [0.3, 0.4) is 0 Å². The highest BCUT2D eigenvalue weighted by Crippen LogP contribution is 2.27. The van der Waals surface area contributed by atoms with E-state index in [1.54, 1.807) is 0 Å². The van der Waals surface area contributed by atoms with Crippen LogP contribution in [0.15, 0.2) is 0 Å². The second kappa shape index (κ2) is 11.5. The molecule has 0 spiro atoms. The van der Waals surface area contributed by atoms with E-state index in [-0.39, 0.29) is 26.1 Å². The van der Waals surface area contributed by atoms with Gasteiger partial charge in [0.15, 0.2) is 12.4 Å². The number of hydrogen-bond donors (Lipinski definition) is 1. The van der Waals surface area contributed by atoms with E-state index in [2.05, 4.69) is 0 Å². The second-order valence-electron chi connectivity index (χ2n) is 6.09. The first kappa shape index (κ1) is 22.8. The molecule has 0 aromatic rings. The lowest BCUT2D eigenvalue weighted by atomic mass is 10.0. The summed E-state index contributed by atoms with van der Waals surface area (Å²) in [6.07, 6.45) is -2.33. The summed E-state index contributed by atoms with van der Waals surface area (Å²) in [4.78, 5) is 44.4. The van der Waals surface area contributed by atoms with E-state index in [4.69, 9.17) is 28.8 Å². The highest BCUT2D eigenvalue weighted by atomic mass is 16.7. The lowest BCUT2D eigenvalue weighted by molar-refractivity contribution is -0.266. The molecule has 0 radical (unpaired) electrons. The van der Waals surface area contributed by atoms with E-state index >= 15 is 0 Å². The summed E-state index contributed by atoms with van der Waals surface area (Å²) in [5.74, 6) is -2.59. The van der Waals surface area contributed by atoms with Gasteiger partial charge in [0.05, 0.1) is 0 Å². The van der Waals surface area contributed by atoms with Crippen LogP contribution in [0.5, 0.6) is 0 Å². The number of carbonyl (C=O) groups excluding carboxylic acids is 3. The zero-order chi connectivity index (χ0) is 20.4. The largest absolute Gasteiger partial charge is 0.481 e. The Bertz CT molecular complexity index is 532. The van der Waals surface area contributed by atoms with Crippen LogP contribution in [-0.2, 0) is 42.9 Å². The minimum atomic E-state index is -0.947. The number of carboxylic acid groups (broad SMARTS) is 1. The van der Waals surface area contributed by atoms with E-state index < -0.39 is 48.5 Å². The van der Waals surface area contributed by atoms with Crippen LogP contribution >= 0.6 is 0 Å². The van der Waals surface area contributed by atoms with Gasteiger partial charge >= 0.3 is 23.9 Å².